The zero-order valence-corrected chi connectivity index (χ0v) is 21.3. The minimum absolute atomic E-state index is 0.0885. The molecule has 4 unspecified atom stereocenters. The molecule has 10 heteroatoms. The normalized spacial score (nSPS) is 20.9. The lowest BCUT2D eigenvalue weighted by Crippen LogP contribution is -2.45. The van der Waals surface area contributed by atoms with Gasteiger partial charge >= 0.3 is 12.0 Å². The van der Waals surface area contributed by atoms with Crippen molar-refractivity contribution in [2.75, 3.05) is 5.32 Å². The number of carbonyl (C=O) groups is 3. The van der Waals surface area contributed by atoms with Crippen molar-refractivity contribution in [3.05, 3.63) is 106 Å². The van der Waals surface area contributed by atoms with Crippen molar-refractivity contribution in [2.24, 2.45) is 5.92 Å². The van der Waals surface area contributed by atoms with Crippen molar-refractivity contribution in [1.29, 1.82) is 0 Å². The molecule has 0 radical (unpaired) electrons. The molecule has 4 atom stereocenters. The number of halogens is 1. The monoisotopic (exact) mass is 533 g/mol. The van der Waals surface area contributed by atoms with Crippen LogP contribution in [0.5, 0.6) is 0 Å². The van der Waals surface area contributed by atoms with Crippen LogP contribution in [0.2, 0.25) is 0 Å². The topological polar surface area (TPSA) is 113 Å². The Bertz CT molecular complexity index is 1480. The summed E-state index contributed by atoms with van der Waals surface area (Å²) in [6.07, 6.45) is 3.09. The third-order valence-electron chi connectivity index (χ3n) is 6.77. The Morgan fingerprint density at radius 1 is 1.08 bits per heavy atom. The minimum atomic E-state index is -1.39. The molecule has 38 heavy (non-hydrogen) atoms. The Labute approximate surface area is 221 Å². The van der Waals surface area contributed by atoms with Gasteiger partial charge in [0.1, 0.15) is 17.6 Å². The molecular formula is C28H24FN3O5S. The number of carbonyl (C=O) groups excluding carboxylic acids is 2. The van der Waals surface area contributed by atoms with Crippen LogP contribution in [-0.4, -0.2) is 38.8 Å². The van der Waals surface area contributed by atoms with E-state index in [1.165, 1.54) is 46.7 Å². The molecule has 1 aliphatic rings. The number of carboxylic acids is 1. The number of Topliss-reactive ketones (excluding diaryl/α,β-unsaturated/α-hetero) is 1. The summed E-state index contributed by atoms with van der Waals surface area (Å²) >= 11 is 1.34. The second-order valence-corrected chi connectivity index (χ2v) is 10.1. The second-order valence-electron chi connectivity index (χ2n) is 9.15. The smallest absolute Gasteiger partial charge is 0.327 e. The Balaban J connectivity index is 1.70. The summed E-state index contributed by atoms with van der Waals surface area (Å²) in [4.78, 5) is 46.9. The standard InChI is InChI=1S/C28H24FN3O5S/c1-15-11-13-38-26(15)22-21(25(33)20-10-5-16(2)37-20)23(17-4-3-12-30-14-17)32(24(22)27(34)35)28(36)31-19-8-6-18(29)7-9-19/h3-14,21-24H,1-2H3,(H,31,36)(H,34,35). The molecule has 5 rings (SSSR count). The Kier molecular flexibility index (Phi) is 6.81. The molecule has 1 fully saturated rings. The van der Waals surface area contributed by atoms with Crippen LogP contribution >= 0.6 is 11.3 Å². The summed E-state index contributed by atoms with van der Waals surface area (Å²) in [6, 6.07) is 10.5. The number of pyridine rings is 1. The van der Waals surface area contributed by atoms with E-state index in [1.807, 2.05) is 18.4 Å². The number of likely N-dealkylation sites (tertiary alicyclic amines) is 1. The third kappa shape index (κ3) is 4.58. The largest absolute Gasteiger partial charge is 0.480 e. The molecule has 8 nitrogen and oxygen atoms in total. The number of carboxylic acid groups (broad SMARTS) is 1. The molecule has 4 heterocycles. The Hall–Kier alpha value is -4.31. The van der Waals surface area contributed by atoms with Crippen molar-refractivity contribution in [2.45, 2.75) is 31.8 Å². The van der Waals surface area contributed by atoms with Gasteiger partial charge in [0.25, 0.3) is 0 Å². The minimum Gasteiger partial charge on any atom is -0.480 e. The number of rotatable bonds is 6. The maximum Gasteiger partial charge on any atom is 0.327 e. The van der Waals surface area contributed by atoms with Gasteiger partial charge in [-0.25, -0.2) is 14.0 Å². The average Bonchev–Trinajstić information content (AvgIpc) is 3.62. The molecule has 4 aromatic rings. The zero-order chi connectivity index (χ0) is 27.0. The number of hydrogen-bond acceptors (Lipinski definition) is 6. The summed E-state index contributed by atoms with van der Waals surface area (Å²) in [5, 5.41) is 15.0. The summed E-state index contributed by atoms with van der Waals surface area (Å²) in [7, 11) is 0. The zero-order valence-electron chi connectivity index (χ0n) is 20.5. The van der Waals surface area contributed by atoms with Crippen LogP contribution < -0.4 is 5.32 Å². The second kappa shape index (κ2) is 10.2. The number of nitrogens with one attached hydrogen (secondary N) is 1. The fourth-order valence-corrected chi connectivity index (χ4v) is 6.25. The van der Waals surface area contributed by atoms with E-state index in [4.69, 9.17) is 4.42 Å². The van der Waals surface area contributed by atoms with Gasteiger partial charge in [0.05, 0.1) is 12.0 Å². The predicted octanol–water partition coefficient (Wildman–Crippen LogP) is 5.82. The number of aryl methyl sites for hydroxylation is 2. The van der Waals surface area contributed by atoms with Gasteiger partial charge in [-0.3, -0.25) is 9.78 Å². The first-order chi connectivity index (χ1) is 18.3. The van der Waals surface area contributed by atoms with Crippen molar-refractivity contribution in [3.8, 4) is 0 Å². The van der Waals surface area contributed by atoms with E-state index in [2.05, 4.69) is 10.3 Å². The highest BCUT2D eigenvalue weighted by Crippen LogP contribution is 2.53. The molecule has 0 bridgehead atoms. The molecule has 2 N–H and O–H groups in total. The van der Waals surface area contributed by atoms with E-state index < -0.39 is 47.5 Å². The molecule has 1 aliphatic heterocycles. The number of amides is 2. The van der Waals surface area contributed by atoms with E-state index in [0.717, 1.165) is 5.56 Å². The van der Waals surface area contributed by atoms with Gasteiger partial charge in [0, 0.05) is 28.9 Å². The maximum absolute atomic E-state index is 14.1. The Morgan fingerprint density at radius 2 is 1.84 bits per heavy atom. The van der Waals surface area contributed by atoms with Gasteiger partial charge in [0.15, 0.2) is 5.76 Å². The van der Waals surface area contributed by atoms with Crippen molar-refractivity contribution >= 4 is 34.8 Å². The van der Waals surface area contributed by atoms with Crippen molar-refractivity contribution in [3.63, 3.8) is 0 Å². The molecule has 0 spiro atoms. The molecule has 1 saturated heterocycles. The first-order valence-electron chi connectivity index (χ1n) is 11.9. The summed E-state index contributed by atoms with van der Waals surface area (Å²) in [6.45, 7) is 3.57. The predicted molar refractivity (Wildman–Crippen MR) is 139 cm³/mol. The van der Waals surface area contributed by atoms with E-state index in [9.17, 15) is 23.9 Å². The number of furan rings is 1. The fourth-order valence-electron chi connectivity index (χ4n) is 5.15. The lowest BCUT2D eigenvalue weighted by molar-refractivity contribution is -0.142. The maximum atomic E-state index is 14.1. The first-order valence-corrected chi connectivity index (χ1v) is 12.8. The summed E-state index contributed by atoms with van der Waals surface area (Å²) in [5.74, 6) is -3.37. The molecule has 0 saturated carbocycles. The van der Waals surface area contributed by atoms with Gasteiger partial charge in [-0.05, 0) is 78.9 Å². The van der Waals surface area contributed by atoms with Crippen molar-refractivity contribution in [1.82, 2.24) is 9.88 Å². The van der Waals surface area contributed by atoms with Gasteiger partial charge in [-0.15, -0.1) is 11.3 Å². The molecule has 3 aromatic heterocycles. The number of anilines is 1. The number of aliphatic carboxylic acids is 1. The van der Waals surface area contributed by atoms with E-state index >= 15 is 0 Å². The average molecular weight is 534 g/mol. The number of nitrogens with zero attached hydrogens (tertiary/aromatic N) is 2. The molecular weight excluding hydrogens is 509 g/mol. The molecule has 0 aliphatic carbocycles. The number of thiophene rings is 1. The van der Waals surface area contributed by atoms with Crippen LogP contribution in [0.3, 0.4) is 0 Å². The number of urea groups is 1. The SMILES string of the molecule is Cc1ccc(C(=O)C2C(c3sccc3C)C(C(=O)O)N(C(=O)Nc3ccc(F)cc3)C2c2cccnc2)o1. The van der Waals surface area contributed by atoms with Crippen molar-refractivity contribution < 1.29 is 28.3 Å². The number of ketones is 1. The third-order valence-corrected chi connectivity index (χ3v) is 7.89. The Morgan fingerprint density at radius 3 is 2.42 bits per heavy atom. The van der Waals surface area contributed by atoms with Gasteiger partial charge in [0.2, 0.25) is 5.78 Å². The van der Waals surface area contributed by atoms with Crippen LogP contribution in [-0.2, 0) is 4.79 Å². The number of aromatic nitrogens is 1. The molecule has 2 amide bonds. The van der Waals surface area contributed by atoms with Gasteiger partial charge in [-0.2, -0.15) is 0 Å². The van der Waals surface area contributed by atoms with E-state index in [1.54, 1.807) is 37.4 Å². The van der Waals surface area contributed by atoms with Crippen LogP contribution in [0.15, 0.2) is 76.8 Å². The quantitative estimate of drug-likeness (QED) is 0.302. The van der Waals surface area contributed by atoms with Crippen LogP contribution in [0.4, 0.5) is 14.9 Å². The summed E-state index contributed by atoms with van der Waals surface area (Å²) < 4.78 is 19.1. The van der Waals surface area contributed by atoms with Crippen LogP contribution in [0, 0.1) is 25.6 Å². The highest BCUT2D eigenvalue weighted by atomic mass is 32.1. The molecule has 1 aromatic carbocycles. The van der Waals surface area contributed by atoms with Crippen LogP contribution in [0.25, 0.3) is 0 Å². The number of benzene rings is 1. The first kappa shape index (κ1) is 25.3. The van der Waals surface area contributed by atoms with E-state index in [0.29, 0.717) is 16.2 Å². The highest BCUT2D eigenvalue weighted by molar-refractivity contribution is 7.10. The van der Waals surface area contributed by atoms with Gasteiger partial charge in [-0.1, -0.05) is 6.07 Å². The van der Waals surface area contributed by atoms with E-state index in [-0.39, 0.29) is 11.4 Å². The molecule has 194 valence electrons. The highest BCUT2D eigenvalue weighted by Gasteiger charge is 2.59. The van der Waals surface area contributed by atoms with Gasteiger partial charge < -0.3 is 19.7 Å². The lowest BCUT2D eigenvalue weighted by atomic mass is 9.79. The fraction of sp³-hybridized carbons (Fsp3) is 0.214. The lowest BCUT2D eigenvalue weighted by Gasteiger charge is -2.30. The summed E-state index contributed by atoms with van der Waals surface area (Å²) in [5.41, 5.74) is 1.61. The van der Waals surface area contributed by atoms with Crippen LogP contribution in [0.1, 0.15) is 44.3 Å². The number of hydrogen-bond donors (Lipinski definition) is 2.